The highest BCUT2D eigenvalue weighted by molar-refractivity contribution is 14.0. The van der Waals surface area contributed by atoms with Gasteiger partial charge in [-0.25, -0.2) is 4.79 Å². The van der Waals surface area contributed by atoms with Crippen LogP contribution in [-0.4, -0.2) is 69.6 Å². The van der Waals surface area contributed by atoms with E-state index in [-0.39, 0.29) is 30.1 Å². The fourth-order valence-electron chi connectivity index (χ4n) is 2.39. The summed E-state index contributed by atoms with van der Waals surface area (Å²) in [6.45, 7) is 10.4. The molecule has 0 unspecified atom stereocenters. The van der Waals surface area contributed by atoms with Crippen LogP contribution in [-0.2, 0) is 9.47 Å². The maximum Gasteiger partial charge on any atom is 0.410 e. The second kappa shape index (κ2) is 15.1. The monoisotopic (exact) mass is 536 g/mol. The highest BCUT2D eigenvalue weighted by atomic mass is 127. The fourth-order valence-corrected chi connectivity index (χ4v) is 2.39. The fraction of sp³-hybridized carbons (Fsp3) is 0.619. The van der Waals surface area contributed by atoms with Gasteiger partial charge in [0.15, 0.2) is 5.96 Å². The molecule has 0 aliphatic heterocycles. The molecule has 0 saturated carbocycles. The van der Waals surface area contributed by atoms with Gasteiger partial charge < -0.3 is 29.7 Å². The molecule has 9 heteroatoms. The van der Waals surface area contributed by atoms with Crippen LogP contribution in [0.5, 0.6) is 5.75 Å². The summed E-state index contributed by atoms with van der Waals surface area (Å²) >= 11 is 0. The number of ether oxygens (including phenoxy) is 3. The number of carbonyl (C=O) groups excluding carboxylic acids is 1. The van der Waals surface area contributed by atoms with Gasteiger partial charge in [0.2, 0.25) is 0 Å². The molecule has 0 aromatic heterocycles. The predicted octanol–water partition coefficient (Wildman–Crippen LogP) is 3.96. The van der Waals surface area contributed by atoms with Gasteiger partial charge in [-0.2, -0.15) is 0 Å². The van der Waals surface area contributed by atoms with Crippen LogP contribution in [0.2, 0.25) is 0 Å². The Morgan fingerprint density at radius 2 is 1.97 bits per heavy atom. The van der Waals surface area contributed by atoms with Crippen molar-refractivity contribution >= 4 is 41.7 Å². The Hall–Kier alpha value is -1.75. The topological polar surface area (TPSA) is 84.4 Å². The first kappa shape index (κ1) is 28.2. The van der Waals surface area contributed by atoms with Crippen LogP contribution in [0.1, 0.15) is 34.1 Å². The van der Waals surface area contributed by atoms with Crippen LogP contribution in [0, 0.1) is 0 Å². The van der Waals surface area contributed by atoms with Crippen molar-refractivity contribution in [3.63, 3.8) is 0 Å². The van der Waals surface area contributed by atoms with E-state index in [9.17, 15) is 4.79 Å². The molecule has 0 aliphatic rings. The predicted molar refractivity (Wildman–Crippen MR) is 132 cm³/mol. The Balaban J connectivity index is 0.00000841. The van der Waals surface area contributed by atoms with E-state index in [1.54, 1.807) is 19.1 Å². The number of benzene rings is 1. The van der Waals surface area contributed by atoms with Gasteiger partial charge in [0.05, 0.1) is 6.61 Å². The quantitative estimate of drug-likeness (QED) is 0.204. The van der Waals surface area contributed by atoms with Gasteiger partial charge in [-0.3, -0.25) is 4.99 Å². The lowest BCUT2D eigenvalue weighted by atomic mass is 10.2. The lowest BCUT2D eigenvalue weighted by Gasteiger charge is -2.26. The van der Waals surface area contributed by atoms with Crippen LogP contribution < -0.4 is 15.4 Å². The van der Waals surface area contributed by atoms with Crippen LogP contribution in [0.4, 0.5) is 10.5 Å². The molecule has 0 bridgehead atoms. The van der Waals surface area contributed by atoms with Crippen molar-refractivity contribution in [1.82, 2.24) is 10.2 Å². The van der Waals surface area contributed by atoms with Crippen molar-refractivity contribution in [2.24, 2.45) is 4.99 Å². The van der Waals surface area contributed by atoms with Gasteiger partial charge in [-0.15, -0.1) is 24.0 Å². The first-order chi connectivity index (χ1) is 13.8. The number of halogens is 1. The molecule has 0 heterocycles. The number of amides is 1. The zero-order valence-corrected chi connectivity index (χ0v) is 21.3. The van der Waals surface area contributed by atoms with Crippen LogP contribution in [0.15, 0.2) is 29.3 Å². The minimum absolute atomic E-state index is 0. The summed E-state index contributed by atoms with van der Waals surface area (Å²) in [7, 11) is 3.38. The number of anilines is 1. The molecule has 30 heavy (non-hydrogen) atoms. The van der Waals surface area contributed by atoms with E-state index in [1.807, 2.05) is 52.0 Å². The Bertz CT molecular complexity index is 650. The normalized spacial score (nSPS) is 11.3. The number of hydrogen-bond acceptors (Lipinski definition) is 5. The molecule has 1 aromatic rings. The van der Waals surface area contributed by atoms with E-state index in [4.69, 9.17) is 14.2 Å². The van der Waals surface area contributed by atoms with Gasteiger partial charge in [-0.05, 0) is 39.8 Å². The second-order valence-electron chi connectivity index (χ2n) is 7.41. The van der Waals surface area contributed by atoms with Crippen LogP contribution in [0.3, 0.4) is 0 Å². The zero-order chi connectivity index (χ0) is 21.7. The lowest BCUT2D eigenvalue weighted by Crippen LogP contribution is -2.42. The van der Waals surface area contributed by atoms with Crippen molar-refractivity contribution in [2.45, 2.75) is 39.7 Å². The first-order valence-corrected chi connectivity index (χ1v) is 9.96. The summed E-state index contributed by atoms with van der Waals surface area (Å²) in [4.78, 5) is 18.1. The lowest BCUT2D eigenvalue weighted by molar-refractivity contribution is 0.0264. The SMILES string of the molecule is CCN(CCNC(=NC)Nc1cccc(OCCCOC)c1)C(=O)OC(C)(C)C.I. The Labute approximate surface area is 197 Å². The summed E-state index contributed by atoms with van der Waals surface area (Å²) in [5, 5.41) is 6.44. The maximum absolute atomic E-state index is 12.2. The molecule has 0 spiro atoms. The van der Waals surface area contributed by atoms with E-state index in [0.29, 0.717) is 38.8 Å². The number of methoxy groups -OCH3 is 1. The third kappa shape index (κ3) is 12.1. The zero-order valence-electron chi connectivity index (χ0n) is 19.0. The third-order valence-electron chi connectivity index (χ3n) is 3.79. The molecule has 1 amide bonds. The number of hydrogen-bond donors (Lipinski definition) is 2. The average molecular weight is 536 g/mol. The number of guanidine groups is 1. The molecule has 0 radical (unpaired) electrons. The van der Waals surface area contributed by atoms with Crippen LogP contribution >= 0.6 is 24.0 Å². The van der Waals surface area contributed by atoms with E-state index in [0.717, 1.165) is 17.9 Å². The molecule has 1 rings (SSSR count). The summed E-state index contributed by atoms with van der Waals surface area (Å²) in [6, 6.07) is 7.68. The van der Waals surface area contributed by atoms with Gasteiger partial charge in [0, 0.05) is 58.6 Å². The molecule has 172 valence electrons. The highest BCUT2D eigenvalue weighted by Crippen LogP contribution is 2.17. The molecular weight excluding hydrogens is 499 g/mol. The van der Waals surface area contributed by atoms with Crippen molar-refractivity contribution < 1.29 is 19.0 Å². The molecule has 0 saturated heterocycles. The standard InChI is InChI=1S/C21H36N4O4.HI/c1-7-25(20(26)29-21(2,3)4)13-12-23-19(22-5)24-17-10-8-11-18(16-17)28-15-9-14-27-6;/h8,10-11,16H,7,9,12-15H2,1-6H3,(H2,22,23,24);1H. The smallest absolute Gasteiger partial charge is 0.410 e. The number of nitrogens with zero attached hydrogens (tertiary/aromatic N) is 2. The Morgan fingerprint density at radius 1 is 1.23 bits per heavy atom. The number of nitrogens with one attached hydrogen (secondary N) is 2. The van der Waals surface area contributed by atoms with E-state index < -0.39 is 5.60 Å². The van der Waals surface area contributed by atoms with Crippen molar-refractivity contribution in [2.75, 3.05) is 52.3 Å². The molecule has 8 nitrogen and oxygen atoms in total. The van der Waals surface area contributed by atoms with E-state index in [2.05, 4.69) is 15.6 Å². The minimum Gasteiger partial charge on any atom is -0.493 e. The molecule has 0 aliphatic carbocycles. The summed E-state index contributed by atoms with van der Waals surface area (Å²) in [6.07, 6.45) is 0.520. The highest BCUT2D eigenvalue weighted by Gasteiger charge is 2.20. The van der Waals surface area contributed by atoms with Crippen molar-refractivity contribution in [1.29, 1.82) is 0 Å². The molecule has 1 aromatic carbocycles. The Kier molecular flexibility index (Phi) is 14.2. The molecule has 0 fully saturated rings. The number of aliphatic imine (C=N–C) groups is 1. The van der Waals surface area contributed by atoms with Crippen molar-refractivity contribution in [3.8, 4) is 5.75 Å². The summed E-state index contributed by atoms with van der Waals surface area (Å²) in [5.41, 5.74) is 0.355. The maximum atomic E-state index is 12.2. The largest absolute Gasteiger partial charge is 0.493 e. The summed E-state index contributed by atoms with van der Waals surface area (Å²) < 4.78 is 16.2. The summed E-state index contributed by atoms with van der Waals surface area (Å²) in [5.74, 6) is 1.39. The average Bonchev–Trinajstić information content (AvgIpc) is 2.66. The minimum atomic E-state index is -0.508. The number of rotatable bonds is 10. The van der Waals surface area contributed by atoms with Crippen molar-refractivity contribution in [3.05, 3.63) is 24.3 Å². The molecule has 0 atom stereocenters. The van der Waals surface area contributed by atoms with E-state index in [1.165, 1.54) is 0 Å². The third-order valence-corrected chi connectivity index (χ3v) is 3.79. The van der Waals surface area contributed by atoms with Crippen LogP contribution in [0.25, 0.3) is 0 Å². The van der Waals surface area contributed by atoms with E-state index >= 15 is 0 Å². The van der Waals surface area contributed by atoms with Gasteiger partial charge in [0.25, 0.3) is 0 Å². The molecule has 2 N–H and O–H groups in total. The van der Waals surface area contributed by atoms with Gasteiger partial charge in [0.1, 0.15) is 11.4 Å². The Morgan fingerprint density at radius 3 is 2.57 bits per heavy atom. The second-order valence-corrected chi connectivity index (χ2v) is 7.41. The van der Waals surface area contributed by atoms with Gasteiger partial charge in [-0.1, -0.05) is 6.07 Å². The van der Waals surface area contributed by atoms with Gasteiger partial charge >= 0.3 is 6.09 Å². The number of likely N-dealkylation sites (N-methyl/N-ethyl adjacent to an activating group) is 1. The molecular formula is C21H37IN4O4. The number of carbonyl (C=O) groups is 1. The first-order valence-electron chi connectivity index (χ1n) is 9.96.